The number of thiazole rings is 1. The van der Waals surface area contributed by atoms with Crippen molar-refractivity contribution in [2.24, 2.45) is 0 Å². The third kappa shape index (κ3) is 4.28. The lowest BCUT2D eigenvalue weighted by Crippen LogP contribution is -2.07. The van der Waals surface area contributed by atoms with Crippen LogP contribution in [-0.2, 0) is 16.1 Å². The van der Waals surface area contributed by atoms with Crippen LogP contribution in [0, 0.1) is 0 Å². The van der Waals surface area contributed by atoms with Gasteiger partial charge in [0, 0.05) is 12.3 Å². The first kappa shape index (κ1) is 15.0. The first-order valence-corrected chi connectivity index (χ1v) is 6.99. The number of benzene rings is 1. The van der Waals surface area contributed by atoms with Gasteiger partial charge >= 0.3 is 5.97 Å². The van der Waals surface area contributed by atoms with Crippen LogP contribution in [0.3, 0.4) is 0 Å². The number of rotatable bonds is 5. The number of amides is 1. The van der Waals surface area contributed by atoms with E-state index < -0.39 is 5.97 Å². The van der Waals surface area contributed by atoms with Gasteiger partial charge in [0.25, 0.3) is 0 Å². The Morgan fingerprint density at radius 3 is 2.62 bits per heavy atom. The molecule has 0 aliphatic rings. The Hall–Kier alpha value is -2.41. The summed E-state index contributed by atoms with van der Waals surface area (Å²) >= 11 is 1.28. The van der Waals surface area contributed by atoms with E-state index in [2.05, 4.69) is 10.3 Å². The van der Waals surface area contributed by atoms with Crippen molar-refractivity contribution >= 4 is 28.3 Å². The van der Waals surface area contributed by atoms with Crippen LogP contribution in [-0.4, -0.2) is 24.0 Å². The molecule has 0 unspecified atom stereocenters. The zero-order valence-electron chi connectivity index (χ0n) is 11.6. The van der Waals surface area contributed by atoms with Crippen LogP contribution >= 0.6 is 11.3 Å². The van der Waals surface area contributed by atoms with E-state index in [0.717, 1.165) is 0 Å². The molecule has 21 heavy (non-hydrogen) atoms. The Morgan fingerprint density at radius 2 is 2.00 bits per heavy atom. The smallest absolute Gasteiger partial charge is 0.338 e. The summed E-state index contributed by atoms with van der Waals surface area (Å²) in [4.78, 5) is 26.9. The van der Waals surface area contributed by atoms with E-state index >= 15 is 0 Å². The van der Waals surface area contributed by atoms with E-state index in [1.165, 1.54) is 18.3 Å². The fourth-order valence-electron chi connectivity index (χ4n) is 1.53. The topological polar surface area (TPSA) is 77.5 Å². The van der Waals surface area contributed by atoms with Crippen LogP contribution in [0.4, 0.5) is 5.13 Å². The number of ether oxygens (including phenoxy) is 2. The Kier molecular flexibility index (Phi) is 4.89. The molecule has 0 bridgehead atoms. The molecule has 6 nitrogen and oxygen atoms in total. The maximum absolute atomic E-state index is 11.8. The third-order valence-corrected chi connectivity index (χ3v) is 3.32. The minimum Gasteiger partial charge on any atom is -0.497 e. The summed E-state index contributed by atoms with van der Waals surface area (Å²) in [5, 5.41) is 4.78. The minimum atomic E-state index is -0.438. The quantitative estimate of drug-likeness (QED) is 0.859. The highest BCUT2D eigenvalue weighted by Gasteiger charge is 2.09. The van der Waals surface area contributed by atoms with E-state index in [0.29, 0.717) is 22.1 Å². The summed E-state index contributed by atoms with van der Waals surface area (Å²) < 4.78 is 10.2. The van der Waals surface area contributed by atoms with Gasteiger partial charge < -0.3 is 14.8 Å². The van der Waals surface area contributed by atoms with E-state index in [1.54, 1.807) is 36.8 Å². The Morgan fingerprint density at radius 1 is 1.29 bits per heavy atom. The van der Waals surface area contributed by atoms with Gasteiger partial charge in [0.05, 0.1) is 18.4 Å². The summed E-state index contributed by atoms with van der Waals surface area (Å²) in [5.41, 5.74) is 1.03. The molecule has 2 aromatic rings. The van der Waals surface area contributed by atoms with Gasteiger partial charge in [-0.1, -0.05) is 0 Å². The average molecular weight is 306 g/mol. The van der Waals surface area contributed by atoms with Crippen LogP contribution in [0.25, 0.3) is 0 Å². The van der Waals surface area contributed by atoms with Crippen molar-refractivity contribution in [3.05, 3.63) is 40.9 Å². The maximum atomic E-state index is 11.8. The largest absolute Gasteiger partial charge is 0.497 e. The van der Waals surface area contributed by atoms with Gasteiger partial charge in [0.1, 0.15) is 12.4 Å². The zero-order valence-corrected chi connectivity index (χ0v) is 12.4. The lowest BCUT2D eigenvalue weighted by atomic mass is 10.2. The van der Waals surface area contributed by atoms with Crippen molar-refractivity contribution in [1.82, 2.24) is 4.98 Å². The van der Waals surface area contributed by atoms with E-state index in [1.807, 2.05) is 0 Å². The van der Waals surface area contributed by atoms with E-state index in [9.17, 15) is 9.59 Å². The van der Waals surface area contributed by atoms with Gasteiger partial charge in [-0.05, 0) is 24.3 Å². The van der Waals surface area contributed by atoms with Crippen LogP contribution in [0.15, 0.2) is 29.6 Å². The first-order chi connectivity index (χ1) is 10.1. The molecule has 0 saturated heterocycles. The molecule has 0 spiro atoms. The lowest BCUT2D eigenvalue weighted by molar-refractivity contribution is -0.114. The number of carbonyl (C=O) groups is 2. The highest BCUT2D eigenvalue weighted by Crippen LogP contribution is 2.17. The van der Waals surface area contributed by atoms with Crippen LogP contribution in [0.2, 0.25) is 0 Å². The van der Waals surface area contributed by atoms with E-state index in [4.69, 9.17) is 9.47 Å². The van der Waals surface area contributed by atoms with Crippen molar-refractivity contribution < 1.29 is 19.1 Å². The summed E-state index contributed by atoms with van der Waals surface area (Å²) in [6, 6.07) is 6.64. The second-order valence-electron chi connectivity index (χ2n) is 4.13. The van der Waals surface area contributed by atoms with Gasteiger partial charge in [0.15, 0.2) is 5.13 Å². The second kappa shape index (κ2) is 6.85. The predicted molar refractivity (Wildman–Crippen MR) is 78.5 cm³/mol. The maximum Gasteiger partial charge on any atom is 0.338 e. The lowest BCUT2D eigenvalue weighted by Gasteiger charge is -2.04. The molecule has 1 N–H and O–H groups in total. The number of hydrogen-bond donors (Lipinski definition) is 1. The molecule has 1 aromatic carbocycles. The molecule has 0 fully saturated rings. The van der Waals surface area contributed by atoms with Crippen LogP contribution in [0.1, 0.15) is 23.0 Å². The highest BCUT2D eigenvalue weighted by molar-refractivity contribution is 7.13. The number of carbonyl (C=O) groups excluding carboxylic acids is 2. The summed E-state index contributed by atoms with van der Waals surface area (Å²) in [6.45, 7) is 1.46. The zero-order chi connectivity index (χ0) is 15.2. The van der Waals surface area contributed by atoms with Crippen LogP contribution in [0.5, 0.6) is 5.75 Å². The van der Waals surface area contributed by atoms with Crippen LogP contribution < -0.4 is 10.1 Å². The monoisotopic (exact) mass is 306 g/mol. The third-order valence-electron chi connectivity index (χ3n) is 2.51. The number of esters is 1. The van der Waals surface area contributed by atoms with Crippen molar-refractivity contribution in [1.29, 1.82) is 0 Å². The molecule has 0 radical (unpaired) electrons. The molecule has 7 heteroatoms. The van der Waals surface area contributed by atoms with Gasteiger partial charge in [-0.3, -0.25) is 4.79 Å². The molecule has 0 atom stereocenters. The summed E-state index contributed by atoms with van der Waals surface area (Å²) in [5.74, 6) is 0.0452. The van der Waals surface area contributed by atoms with Gasteiger partial charge in [-0.2, -0.15) is 0 Å². The van der Waals surface area contributed by atoms with Gasteiger partial charge in [0.2, 0.25) is 5.91 Å². The molecule has 1 aromatic heterocycles. The van der Waals surface area contributed by atoms with Crippen molar-refractivity contribution in [2.45, 2.75) is 13.5 Å². The number of hydrogen-bond acceptors (Lipinski definition) is 6. The van der Waals surface area contributed by atoms with Gasteiger partial charge in [-0.15, -0.1) is 11.3 Å². The number of anilines is 1. The number of nitrogens with zero attached hydrogens (tertiary/aromatic N) is 1. The average Bonchev–Trinajstić information content (AvgIpc) is 2.91. The molecule has 0 saturated carbocycles. The molecular formula is C14H14N2O4S. The molecule has 0 aliphatic heterocycles. The molecule has 1 heterocycles. The standard InChI is InChI=1S/C14H14N2O4S/c1-9(17)15-14-16-11(8-21-14)7-20-13(18)10-3-5-12(19-2)6-4-10/h3-6,8H,7H2,1-2H3,(H,15,16,17). The number of methoxy groups -OCH3 is 1. The van der Waals surface area contributed by atoms with Crippen molar-refractivity contribution in [2.75, 3.05) is 12.4 Å². The fraction of sp³-hybridized carbons (Fsp3) is 0.214. The normalized spacial score (nSPS) is 10.0. The molecule has 0 aliphatic carbocycles. The Labute approximate surface area is 125 Å². The minimum absolute atomic E-state index is 0.0565. The van der Waals surface area contributed by atoms with Crippen molar-refractivity contribution in [3.63, 3.8) is 0 Å². The number of nitrogens with one attached hydrogen (secondary N) is 1. The fourth-order valence-corrected chi connectivity index (χ4v) is 2.27. The second-order valence-corrected chi connectivity index (χ2v) is 4.99. The van der Waals surface area contributed by atoms with Gasteiger partial charge in [-0.25, -0.2) is 9.78 Å². The SMILES string of the molecule is COc1ccc(C(=O)OCc2csc(NC(C)=O)n2)cc1. The highest BCUT2D eigenvalue weighted by atomic mass is 32.1. The number of aromatic nitrogens is 1. The predicted octanol–water partition coefficient (Wildman–Crippen LogP) is 2.47. The first-order valence-electron chi connectivity index (χ1n) is 6.11. The molecule has 2 rings (SSSR count). The molecular weight excluding hydrogens is 292 g/mol. The Bertz CT molecular complexity index is 637. The Balaban J connectivity index is 1.91. The summed E-state index contributed by atoms with van der Waals surface area (Å²) in [7, 11) is 1.56. The summed E-state index contributed by atoms with van der Waals surface area (Å²) in [6.07, 6.45) is 0. The molecule has 1 amide bonds. The molecule has 110 valence electrons. The van der Waals surface area contributed by atoms with Crippen molar-refractivity contribution in [3.8, 4) is 5.75 Å². The van der Waals surface area contributed by atoms with E-state index in [-0.39, 0.29) is 12.5 Å².